The van der Waals surface area contributed by atoms with Crippen LogP contribution in [0.4, 0.5) is 17.6 Å². The zero-order valence-electron chi connectivity index (χ0n) is 14.6. The first-order valence-electron chi connectivity index (χ1n) is 7.56. The van der Waals surface area contributed by atoms with Crippen molar-refractivity contribution < 1.29 is 22.4 Å². The van der Waals surface area contributed by atoms with Crippen LogP contribution in [0.25, 0.3) is 0 Å². The van der Waals surface area contributed by atoms with Gasteiger partial charge in [0.15, 0.2) is 0 Å². The van der Waals surface area contributed by atoms with Crippen LogP contribution in [0.2, 0.25) is 0 Å². The molecule has 0 unspecified atom stereocenters. The minimum absolute atomic E-state index is 0.192. The van der Waals surface area contributed by atoms with E-state index in [0.717, 1.165) is 12.1 Å². The molecule has 5 nitrogen and oxygen atoms in total. The Kier molecular flexibility index (Phi) is 7.19. The third kappa shape index (κ3) is 8.02. The van der Waals surface area contributed by atoms with E-state index in [4.69, 9.17) is 5.73 Å². The molecule has 0 radical (unpaired) electrons. The third-order valence-corrected chi connectivity index (χ3v) is 2.92. The summed E-state index contributed by atoms with van der Waals surface area (Å²) >= 11 is 0. The van der Waals surface area contributed by atoms with E-state index in [1.807, 2.05) is 20.8 Å². The highest BCUT2D eigenvalue weighted by Crippen LogP contribution is 2.30. The van der Waals surface area contributed by atoms with Gasteiger partial charge in [-0.3, -0.25) is 9.78 Å². The zero-order chi connectivity index (χ0) is 20.0. The van der Waals surface area contributed by atoms with Crippen molar-refractivity contribution in [3.05, 3.63) is 59.4 Å². The van der Waals surface area contributed by atoms with Crippen LogP contribution in [0.3, 0.4) is 0 Å². The predicted octanol–water partition coefficient (Wildman–Crippen LogP) is 3.31. The number of benzene rings is 1. The second-order valence-electron chi connectivity index (χ2n) is 6.40. The molecule has 9 heteroatoms. The van der Waals surface area contributed by atoms with E-state index in [0.29, 0.717) is 6.07 Å². The Hall–Kier alpha value is -2.55. The van der Waals surface area contributed by atoms with Gasteiger partial charge in [-0.2, -0.15) is 13.2 Å². The van der Waals surface area contributed by atoms with Crippen molar-refractivity contribution in [2.45, 2.75) is 39.0 Å². The first-order valence-corrected chi connectivity index (χ1v) is 7.56. The van der Waals surface area contributed by atoms with E-state index in [1.54, 1.807) is 0 Å². The van der Waals surface area contributed by atoms with Gasteiger partial charge < -0.3 is 11.1 Å². The lowest BCUT2D eigenvalue weighted by Crippen LogP contribution is -2.35. The molecule has 0 atom stereocenters. The lowest BCUT2D eigenvalue weighted by Gasteiger charge is -2.21. The summed E-state index contributed by atoms with van der Waals surface area (Å²) in [5, 5.41) is 3.01. The van der Waals surface area contributed by atoms with Gasteiger partial charge in [0.2, 0.25) is 0 Å². The van der Waals surface area contributed by atoms with E-state index in [2.05, 4.69) is 15.3 Å². The van der Waals surface area contributed by atoms with Crippen LogP contribution in [0.1, 0.15) is 42.4 Å². The van der Waals surface area contributed by atoms with Gasteiger partial charge in [0.05, 0.1) is 11.8 Å². The number of carbonyl (C=O) groups is 1. The average molecular weight is 372 g/mol. The molecular weight excluding hydrogens is 352 g/mol. The molecule has 1 heterocycles. The van der Waals surface area contributed by atoms with Crippen molar-refractivity contribution in [2.75, 3.05) is 0 Å². The number of alkyl halides is 3. The Morgan fingerprint density at radius 1 is 1.15 bits per heavy atom. The lowest BCUT2D eigenvalue weighted by molar-refractivity contribution is -0.137. The molecule has 0 spiro atoms. The highest BCUT2D eigenvalue weighted by Gasteiger charge is 2.31. The Balaban J connectivity index is 0.000000314. The number of hydrogen-bond donors (Lipinski definition) is 2. The number of hydrogen-bond acceptors (Lipinski definition) is 4. The molecule has 0 saturated heterocycles. The summed E-state index contributed by atoms with van der Waals surface area (Å²) < 4.78 is 50.4. The summed E-state index contributed by atoms with van der Waals surface area (Å²) in [5.41, 5.74) is 4.16. The number of halogens is 4. The van der Waals surface area contributed by atoms with Gasteiger partial charge >= 0.3 is 6.18 Å². The Morgan fingerprint density at radius 3 is 2.23 bits per heavy atom. The normalized spacial score (nSPS) is 11.5. The number of carbonyl (C=O) groups excluding carboxylic acids is 1. The number of primary amides is 1. The lowest BCUT2D eigenvalue weighted by atomic mass is 10.1. The van der Waals surface area contributed by atoms with Crippen molar-refractivity contribution in [3.8, 4) is 0 Å². The quantitative estimate of drug-likeness (QED) is 0.810. The van der Waals surface area contributed by atoms with Crippen LogP contribution < -0.4 is 11.1 Å². The summed E-state index contributed by atoms with van der Waals surface area (Å²) in [4.78, 5) is 17.6. The predicted molar refractivity (Wildman–Crippen MR) is 88.5 cm³/mol. The van der Waals surface area contributed by atoms with Gasteiger partial charge in [0.1, 0.15) is 11.5 Å². The second-order valence-corrected chi connectivity index (χ2v) is 6.40. The van der Waals surface area contributed by atoms with Crippen molar-refractivity contribution in [1.82, 2.24) is 15.3 Å². The number of amides is 1. The van der Waals surface area contributed by atoms with Gasteiger partial charge in [-0.05, 0) is 44.5 Å². The first-order chi connectivity index (χ1) is 11.9. The van der Waals surface area contributed by atoms with Crippen LogP contribution >= 0.6 is 0 Å². The molecule has 0 aliphatic carbocycles. The Bertz CT molecular complexity index is 728. The smallest absolute Gasteiger partial charge is 0.364 e. The molecule has 0 fully saturated rings. The van der Waals surface area contributed by atoms with Crippen molar-refractivity contribution >= 4 is 5.91 Å². The number of rotatable bonds is 3. The van der Waals surface area contributed by atoms with Gasteiger partial charge in [-0.1, -0.05) is 0 Å². The Morgan fingerprint density at radius 2 is 1.81 bits per heavy atom. The fourth-order valence-corrected chi connectivity index (χ4v) is 1.71. The highest BCUT2D eigenvalue weighted by molar-refractivity contribution is 5.90. The van der Waals surface area contributed by atoms with E-state index >= 15 is 0 Å². The van der Waals surface area contributed by atoms with Crippen molar-refractivity contribution in [1.29, 1.82) is 0 Å². The van der Waals surface area contributed by atoms with Crippen LogP contribution in [0, 0.1) is 5.82 Å². The second kappa shape index (κ2) is 8.70. The summed E-state index contributed by atoms with van der Waals surface area (Å²) in [6, 6.07) is 2.57. The van der Waals surface area contributed by atoms with Crippen LogP contribution in [-0.2, 0) is 12.7 Å². The summed E-state index contributed by atoms with van der Waals surface area (Å²) in [7, 11) is 0. The summed E-state index contributed by atoms with van der Waals surface area (Å²) in [6.45, 7) is 5.86. The zero-order valence-corrected chi connectivity index (χ0v) is 14.6. The maximum atomic E-state index is 13.1. The van der Waals surface area contributed by atoms with Crippen LogP contribution in [-0.4, -0.2) is 21.4 Å². The minimum Gasteiger partial charge on any atom is -0.364 e. The van der Waals surface area contributed by atoms with Crippen molar-refractivity contribution in [3.63, 3.8) is 0 Å². The molecule has 0 saturated carbocycles. The number of nitrogens with one attached hydrogen (secondary N) is 1. The molecule has 142 valence electrons. The minimum atomic E-state index is -4.52. The Labute approximate surface area is 148 Å². The standard InChI is InChI=1S/C12H15F4N.C5H5N3O/c1-11(2,3)17-7-8-4-9(12(14,15)16)6-10(13)5-8;6-5(9)4-3-7-1-2-8-4/h4-6,17H,7H2,1-3H3;1-3H,(H2,6,9). The molecule has 2 aromatic rings. The molecule has 1 aromatic heterocycles. The number of aromatic nitrogens is 2. The SMILES string of the molecule is CC(C)(C)NCc1cc(F)cc(C(F)(F)F)c1.NC(=O)c1cnccn1. The fourth-order valence-electron chi connectivity index (χ4n) is 1.71. The molecular formula is C17H20F4N4O. The number of nitrogens with zero attached hydrogens (tertiary/aromatic N) is 2. The van der Waals surface area contributed by atoms with E-state index in [9.17, 15) is 22.4 Å². The molecule has 0 aliphatic rings. The third-order valence-electron chi connectivity index (χ3n) is 2.92. The number of nitrogens with two attached hydrogens (primary N) is 1. The highest BCUT2D eigenvalue weighted by atomic mass is 19.4. The molecule has 0 aliphatic heterocycles. The monoisotopic (exact) mass is 372 g/mol. The van der Waals surface area contributed by atoms with E-state index < -0.39 is 23.5 Å². The summed E-state index contributed by atoms with van der Waals surface area (Å²) in [5.74, 6) is -1.42. The molecule has 0 bridgehead atoms. The largest absolute Gasteiger partial charge is 0.416 e. The first kappa shape index (κ1) is 21.5. The van der Waals surface area contributed by atoms with Crippen LogP contribution in [0.5, 0.6) is 0 Å². The summed E-state index contributed by atoms with van der Waals surface area (Å²) in [6.07, 6.45) is -0.298. The molecule has 1 aromatic carbocycles. The molecule has 2 rings (SSSR count). The van der Waals surface area contributed by atoms with Crippen molar-refractivity contribution in [2.24, 2.45) is 5.73 Å². The molecule has 3 N–H and O–H groups in total. The fraction of sp³-hybridized carbons (Fsp3) is 0.353. The van der Waals surface area contributed by atoms with Gasteiger partial charge in [0.25, 0.3) is 5.91 Å². The van der Waals surface area contributed by atoms with Gasteiger partial charge in [-0.15, -0.1) is 0 Å². The van der Waals surface area contributed by atoms with E-state index in [1.165, 1.54) is 18.6 Å². The maximum absolute atomic E-state index is 13.1. The van der Waals surface area contributed by atoms with Gasteiger partial charge in [-0.25, -0.2) is 9.37 Å². The van der Waals surface area contributed by atoms with Crippen LogP contribution in [0.15, 0.2) is 36.8 Å². The maximum Gasteiger partial charge on any atom is 0.416 e. The topological polar surface area (TPSA) is 80.9 Å². The van der Waals surface area contributed by atoms with E-state index in [-0.39, 0.29) is 23.3 Å². The average Bonchev–Trinajstić information content (AvgIpc) is 2.52. The molecule has 26 heavy (non-hydrogen) atoms. The van der Waals surface area contributed by atoms with Gasteiger partial charge in [0, 0.05) is 24.5 Å². The molecule has 1 amide bonds.